The molecule has 0 radical (unpaired) electrons. The Morgan fingerprint density at radius 3 is 2.47 bits per heavy atom. The molecular weight excluding hydrogens is 239 g/mol. The highest BCUT2D eigenvalue weighted by Crippen LogP contribution is 2.25. The van der Waals surface area contributed by atoms with Gasteiger partial charge in [0.25, 0.3) is 0 Å². The van der Waals surface area contributed by atoms with Crippen molar-refractivity contribution in [2.24, 2.45) is 0 Å². The van der Waals surface area contributed by atoms with Crippen molar-refractivity contribution >= 4 is 35.0 Å². The van der Waals surface area contributed by atoms with Gasteiger partial charge in [-0.25, -0.2) is 4.79 Å². The van der Waals surface area contributed by atoms with E-state index in [0.717, 1.165) is 12.2 Å². The van der Waals surface area contributed by atoms with Crippen LogP contribution in [0.3, 0.4) is 0 Å². The summed E-state index contributed by atoms with van der Waals surface area (Å²) in [5, 5.41) is 8.72. The molecule has 1 aromatic rings. The number of halogens is 2. The van der Waals surface area contributed by atoms with E-state index in [1.54, 1.807) is 12.1 Å². The van der Waals surface area contributed by atoms with E-state index in [9.17, 15) is 9.59 Å². The second-order valence-corrected chi connectivity index (χ2v) is 3.42. The number of hydrogen-bond acceptors (Lipinski definition) is 2. The fourth-order valence-electron chi connectivity index (χ4n) is 0.931. The van der Waals surface area contributed by atoms with E-state index < -0.39 is 11.8 Å². The van der Waals surface area contributed by atoms with Crippen LogP contribution in [0.15, 0.2) is 30.4 Å². The molecule has 0 aliphatic heterocycles. The molecule has 0 saturated heterocycles. The molecule has 0 unspecified atom stereocenters. The molecule has 0 saturated carbocycles. The lowest BCUT2D eigenvalue weighted by atomic mass is 10.1. The molecule has 0 fully saturated rings. The maximum atomic E-state index is 11.4. The van der Waals surface area contributed by atoms with E-state index in [2.05, 4.69) is 0 Å². The zero-order valence-corrected chi connectivity index (χ0v) is 8.92. The summed E-state index contributed by atoms with van der Waals surface area (Å²) < 4.78 is 0. The summed E-state index contributed by atoms with van der Waals surface area (Å²) in [6.07, 6.45) is 1.68. The first-order valence-electron chi connectivity index (χ1n) is 3.91. The van der Waals surface area contributed by atoms with Crippen LogP contribution in [0.4, 0.5) is 0 Å². The topological polar surface area (TPSA) is 54.4 Å². The fraction of sp³-hybridized carbons (Fsp3) is 0. The highest BCUT2D eigenvalue weighted by molar-refractivity contribution is 6.44. The highest BCUT2D eigenvalue weighted by Gasteiger charge is 2.09. The van der Waals surface area contributed by atoms with E-state index in [0.29, 0.717) is 0 Å². The van der Waals surface area contributed by atoms with Crippen LogP contribution < -0.4 is 0 Å². The first kappa shape index (κ1) is 11.8. The Morgan fingerprint density at radius 1 is 1.20 bits per heavy atom. The van der Waals surface area contributed by atoms with Gasteiger partial charge in [-0.15, -0.1) is 0 Å². The Kier molecular flexibility index (Phi) is 3.88. The van der Waals surface area contributed by atoms with Gasteiger partial charge < -0.3 is 5.11 Å². The summed E-state index contributed by atoms with van der Waals surface area (Å²) in [4.78, 5) is 21.6. The predicted molar refractivity (Wildman–Crippen MR) is 57.6 cm³/mol. The van der Waals surface area contributed by atoms with Crippen molar-refractivity contribution in [2.45, 2.75) is 0 Å². The van der Waals surface area contributed by atoms with Crippen molar-refractivity contribution in [3.05, 3.63) is 46.0 Å². The third-order valence-electron chi connectivity index (χ3n) is 1.59. The minimum Gasteiger partial charge on any atom is -0.478 e. The summed E-state index contributed by atoms with van der Waals surface area (Å²) in [7, 11) is 0. The zero-order valence-electron chi connectivity index (χ0n) is 7.41. The molecule has 0 aromatic heterocycles. The maximum Gasteiger partial charge on any atom is 0.328 e. The standard InChI is InChI=1S/C10H6Cl2O3/c11-7-3-1-2-6(10(7)12)8(13)4-5-9(14)15/h1-5H,(H,14,15)/b5-4+. The third-order valence-corrected chi connectivity index (χ3v) is 2.41. The zero-order chi connectivity index (χ0) is 11.4. The maximum absolute atomic E-state index is 11.4. The third kappa shape index (κ3) is 3.08. The largest absolute Gasteiger partial charge is 0.478 e. The normalized spacial score (nSPS) is 10.5. The van der Waals surface area contributed by atoms with Crippen LogP contribution in [0, 0.1) is 0 Å². The number of rotatable bonds is 3. The average molecular weight is 245 g/mol. The number of hydrogen-bond donors (Lipinski definition) is 1. The van der Waals surface area contributed by atoms with Crippen LogP contribution in [0.5, 0.6) is 0 Å². The summed E-state index contributed by atoms with van der Waals surface area (Å²) in [5.74, 6) is -1.69. The van der Waals surface area contributed by atoms with Gasteiger partial charge in [0.15, 0.2) is 5.78 Å². The highest BCUT2D eigenvalue weighted by atomic mass is 35.5. The summed E-state index contributed by atoms with van der Waals surface area (Å²) >= 11 is 11.5. The number of carboxylic acid groups (broad SMARTS) is 1. The van der Waals surface area contributed by atoms with Gasteiger partial charge in [-0.05, 0) is 18.2 Å². The number of carbonyl (C=O) groups is 2. The Morgan fingerprint density at radius 2 is 1.87 bits per heavy atom. The molecular formula is C10H6Cl2O3. The van der Waals surface area contributed by atoms with Crippen molar-refractivity contribution in [1.82, 2.24) is 0 Å². The van der Waals surface area contributed by atoms with Crippen LogP contribution in [0.1, 0.15) is 10.4 Å². The Bertz CT molecular complexity index is 438. The molecule has 3 nitrogen and oxygen atoms in total. The quantitative estimate of drug-likeness (QED) is 0.658. The molecule has 5 heteroatoms. The van der Waals surface area contributed by atoms with Crippen LogP contribution in [-0.2, 0) is 4.79 Å². The molecule has 0 atom stereocenters. The molecule has 1 rings (SSSR count). The van der Waals surface area contributed by atoms with Crippen molar-refractivity contribution in [2.75, 3.05) is 0 Å². The predicted octanol–water partition coefficient (Wildman–Crippen LogP) is 2.82. The number of carboxylic acids is 1. The first-order chi connectivity index (χ1) is 7.02. The first-order valence-corrected chi connectivity index (χ1v) is 4.67. The Labute approximate surface area is 95.9 Å². The lowest BCUT2D eigenvalue weighted by molar-refractivity contribution is -0.131. The molecule has 0 aliphatic carbocycles. The molecule has 0 bridgehead atoms. The van der Waals surface area contributed by atoms with E-state index in [4.69, 9.17) is 28.3 Å². The molecule has 0 amide bonds. The van der Waals surface area contributed by atoms with E-state index in [1.807, 2.05) is 0 Å². The molecule has 0 spiro atoms. The molecule has 78 valence electrons. The number of allylic oxidation sites excluding steroid dienone is 1. The van der Waals surface area contributed by atoms with Gasteiger partial charge in [0.2, 0.25) is 0 Å². The minimum absolute atomic E-state index is 0.124. The van der Waals surface area contributed by atoms with E-state index in [1.165, 1.54) is 6.07 Å². The van der Waals surface area contributed by atoms with Gasteiger partial charge in [-0.3, -0.25) is 4.79 Å². The van der Waals surface area contributed by atoms with Gasteiger partial charge in [0.1, 0.15) is 0 Å². The van der Waals surface area contributed by atoms with Gasteiger partial charge in [-0.1, -0.05) is 29.3 Å². The van der Waals surface area contributed by atoms with Crippen molar-refractivity contribution in [3.8, 4) is 0 Å². The molecule has 0 heterocycles. The van der Waals surface area contributed by atoms with Gasteiger partial charge in [0, 0.05) is 11.6 Å². The average Bonchev–Trinajstić information content (AvgIpc) is 2.18. The fourth-order valence-corrected chi connectivity index (χ4v) is 1.32. The van der Waals surface area contributed by atoms with Crippen molar-refractivity contribution in [3.63, 3.8) is 0 Å². The Hall–Kier alpha value is -1.32. The molecule has 1 N–H and O–H groups in total. The number of benzene rings is 1. The van der Waals surface area contributed by atoms with Crippen molar-refractivity contribution < 1.29 is 14.7 Å². The number of ketones is 1. The van der Waals surface area contributed by atoms with Crippen molar-refractivity contribution in [1.29, 1.82) is 0 Å². The van der Waals surface area contributed by atoms with Gasteiger partial charge in [0.05, 0.1) is 10.0 Å². The summed E-state index contributed by atoms with van der Waals surface area (Å²) in [5.41, 5.74) is 0.182. The smallest absolute Gasteiger partial charge is 0.328 e. The van der Waals surface area contributed by atoms with Crippen LogP contribution in [-0.4, -0.2) is 16.9 Å². The van der Waals surface area contributed by atoms with E-state index in [-0.39, 0.29) is 15.6 Å². The molecule has 15 heavy (non-hydrogen) atoms. The van der Waals surface area contributed by atoms with E-state index >= 15 is 0 Å². The van der Waals surface area contributed by atoms with Gasteiger partial charge >= 0.3 is 5.97 Å². The summed E-state index contributed by atoms with van der Waals surface area (Å²) in [6, 6.07) is 4.58. The monoisotopic (exact) mass is 244 g/mol. The summed E-state index contributed by atoms with van der Waals surface area (Å²) in [6.45, 7) is 0. The van der Waals surface area contributed by atoms with Crippen LogP contribution in [0.25, 0.3) is 0 Å². The lowest BCUT2D eigenvalue weighted by Crippen LogP contribution is -1.97. The Balaban J connectivity index is 3.02. The SMILES string of the molecule is O=C(O)/C=C/C(=O)c1cccc(Cl)c1Cl. The van der Waals surface area contributed by atoms with Crippen LogP contribution in [0.2, 0.25) is 10.0 Å². The van der Waals surface area contributed by atoms with Crippen LogP contribution >= 0.6 is 23.2 Å². The number of aliphatic carboxylic acids is 1. The number of carbonyl (C=O) groups excluding carboxylic acids is 1. The lowest BCUT2D eigenvalue weighted by Gasteiger charge is -2.00. The molecule has 1 aromatic carbocycles. The minimum atomic E-state index is -1.19. The molecule has 0 aliphatic rings. The second-order valence-electron chi connectivity index (χ2n) is 2.64. The second kappa shape index (κ2) is 4.96. The van der Waals surface area contributed by atoms with Gasteiger partial charge in [-0.2, -0.15) is 0 Å².